The Morgan fingerprint density at radius 2 is 1.72 bits per heavy atom. The number of aromatic nitrogens is 1. The Hall–Kier alpha value is -2.92. The van der Waals surface area contributed by atoms with Gasteiger partial charge in [-0.3, -0.25) is 9.69 Å². The van der Waals surface area contributed by atoms with E-state index in [1.807, 2.05) is 39.1 Å². The van der Waals surface area contributed by atoms with Crippen LogP contribution in [0.3, 0.4) is 0 Å². The van der Waals surface area contributed by atoms with Gasteiger partial charge < -0.3 is 9.42 Å². The molecule has 0 unspecified atom stereocenters. The number of amides is 1. The van der Waals surface area contributed by atoms with Gasteiger partial charge >= 0.3 is 0 Å². The van der Waals surface area contributed by atoms with E-state index in [-0.39, 0.29) is 11.9 Å². The normalized spacial score (nSPS) is 14.1. The third kappa shape index (κ3) is 4.10. The number of fused-ring (bicyclic) bond motifs is 1. The maximum absolute atomic E-state index is 12.5. The zero-order valence-corrected chi connectivity index (χ0v) is 17.3. The van der Waals surface area contributed by atoms with Crippen LogP contribution in [0.1, 0.15) is 25.2 Å². The highest BCUT2D eigenvalue weighted by Gasteiger charge is 2.27. The van der Waals surface area contributed by atoms with Crippen LogP contribution in [0.5, 0.6) is 0 Å². The van der Waals surface area contributed by atoms with Gasteiger partial charge in [-0.15, -0.1) is 0 Å². The lowest BCUT2D eigenvalue weighted by Crippen LogP contribution is -2.42. The van der Waals surface area contributed by atoms with Gasteiger partial charge in [-0.05, 0) is 25.0 Å². The fourth-order valence-electron chi connectivity index (χ4n) is 3.67. The van der Waals surface area contributed by atoms with Gasteiger partial charge in [-0.1, -0.05) is 59.8 Å². The highest BCUT2D eigenvalue weighted by Crippen LogP contribution is 2.31. The summed E-state index contributed by atoms with van der Waals surface area (Å²) in [6.45, 7) is 5.98. The first-order chi connectivity index (χ1) is 14.0. The van der Waals surface area contributed by atoms with E-state index in [1.165, 1.54) is 11.1 Å². The first-order valence-corrected chi connectivity index (χ1v) is 10.1. The second-order valence-electron chi connectivity index (χ2n) is 7.94. The number of likely N-dealkylation sites (N-methyl/N-ethyl adjacent to an activating group) is 1. The zero-order valence-electron chi connectivity index (χ0n) is 17.3. The van der Waals surface area contributed by atoms with E-state index in [0.717, 1.165) is 35.5 Å². The first-order valence-electron chi connectivity index (χ1n) is 10.1. The van der Waals surface area contributed by atoms with Crippen LogP contribution >= 0.6 is 0 Å². The molecule has 0 saturated carbocycles. The molecule has 0 bridgehead atoms. The quantitative estimate of drug-likeness (QED) is 0.655. The molecule has 2 aromatic carbocycles. The van der Waals surface area contributed by atoms with E-state index < -0.39 is 0 Å². The smallest absolute Gasteiger partial charge is 0.236 e. The molecule has 2 heterocycles. The lowest BCUT2D eigenvalue weighted by molar-refractivity contribution is -0.132. The van der Waals surface area contributed by atoms with Crippen molar-refractivity contribution >= 4 is 5.91 Å². The van der Waals surface area contributed by atoms with Gasteiger partial charge in [0.05, 0.1) is 6.54 Å². The number of hydrogen-bond acceptors (Lipinski definition) is 4. The highest BCUT2D eigenvalue weighted by atomic mass is 16.5. The summed E-state index contributed by atoms with van der Waals surface area (Å²) in [5.74, 6) is 1.08. The molecule has 5 heteroatoms. The average molecular weight is 389 g/mol. The summed E-state index contributed by atoms with van der Waals surface area (Å²) in [7, 11) is 1.86. The lowest BCUT2D eigenvalue weighted by atomic mass is 9.99. The minimum Gasteiger partial charge on any atom is -0.360 e. The number of carbonyl (C=O) groups excluding carboxylic acids is 1. The SMILES string of the molecule is CC(C)N(C)C(=O)CN1CCc2onc(-c3ccc(-c4ccccc4)cc3)c2C1. The summed E-state index contributed by atoms with van der Waals surface area (Å²) in [5.41, 5.74) is 5.40. The van der Waals surface area contributed by atoms with E-state index >= 15 is 0 Å². The summed E-state index contributed by atoms with van der Waals surface area (Å²) >= 11 is 0. The molecule has 0 aliphatic carbocycles. The molecule has 0 fully saturated rings. The molecule has 0 atom stereocenters. The largest absolute Gasteiger partial charge is 0.360 e. The predicted octanol–water partition coefficient (Wildman–Crippen LogP) is 4.23. The number of carbonyl (C=O) groups is 1. The summed E-state index contributed by atoms with van der Waals surface area (Å²) in [6, 6.07) is 19.0. The number of benzene rings is 2. The summed E-state index contributed by atoms with van der Waals surface area (Å²) in [5, 5.41) is 4.35. The first kappa shape index (κ1) is 19.4. The van der Waals surface area contributed by atoms with Crippen LogP contribution < -0.4 is 0 Å². The average Bonchev–Trinajstić information content (AvgIpc) is 3.17. The lowest BCUT2D eigenvalue weighted by Gasteiger charge is -2.29. The van der Waals surface area contributed by atoms with Gasteiger partial charge in [0.25, 0.3) is 0 Å². The van der Waals surface area contributed by atoms with E-state index in [0.29, 0.717) is 13.1 Å². The van der Waals surface area contributed by atoms with Gasteiger partial charge in [0.2, 0.25) is 5.91 Å². The van der Waals surface area contributed by atoms with Crippen molar-refractivity contribution in [1.29, 1.82) is 0 Å². The molecular formula is C24H27N3O2. The summed E-state index contributed by atoms with van der Waals surface area (Å²) in [4.78, 5) is 16.5. The Labute approximate surface area is 171 Å². The van der Waals surface area contributed by atoms with Gasteiger partial charge in [0, 0.05) is 43.7 Å². The van der Waals surface area contributed by atoms with Crippen molar-refractivity contribution in [3.05, 3.63) is 65.9 Å². The second kappa shape index (κ2) is 8.21. The molecule has 0 saturated heterocycles. The molecule has 5 nitrogen and oxygen atoms in total. The fourth-order valence-corrected chi connectivity index (χ4v) is 3.67. The Balaban J connectivity index is 1.52. The van der Waals surface area contributed by atoms with Crippen LogP contribution in [-0.4, -0.2) is 47.0 Å². The van der Waals surface area contributed by atoms with Gasteiger partial charge in [-0.2, -0.15) is 0 Å². The third-order valence-electron chi connectivity index (χ3n) is 5.70. The molecule has 150 valence electrons. The molecule has 1 aliphatic rings. The Morgan fingerprint density at radius 3 is 2.41 bits per heavy atom. The van der Waals surface area contributed by atoms with Crippen LogP contribution in [0.4, 0.5) is 0 Å². The van der Waals surface area contributed by atoms with Crippen molar-refractivity contribution in [2.75, 3.05) is 20.1 Å². The van der Waals surface area contributed by atoms with Crippen molar-refractivity contribution in [2.24, 2.45) is 0 Å². The molecule has 0 radical (unpaired) electrons. The van der Waals surface area contributed by atoms with Crippen molar-refractivity contribution in [1.82, 2.24) is 15.0 Å². The van der Waals surface area contributed by atoms with Gasteiger partial charge in [0.15, 0.2) is 0 Å². The molecule has 0 spiro atoms. The monoisotopic (exact) mass is 389 g/mol. The fraction of sp³-hybridized carbons (Fsp3) is 0.333. The van der Waals surface area contributed by atoms with Crippen LogP contribution in [0, 0.1) is 0 Å². The van der Waals surface area contributed by atoms with Crippen LogP contribution in [0.15, 0.2) is 59.1 Å². The molecule has 1 aliphatic heterocycles. The number of rotatable bonds is 5. The van der Waals surface area contributed by atoms with Crippen molar-refractivity contribution in [2.45, 2.75) is 32.9 Å². The maximum Gasteiger partial charge on any atom is 0.236 e. The number of hydrogen-bond donors (Lipinski definition) is 0. The molecule has 0 N–H and O–H groups in total. The van der Waals surface area contributed by atoms with Crippen molar-refractivity contribution in [3.63, 3.8) is 0 Å². The summed E-state index contributed by atoms with van der Waals surface area (Å²) < 4.78 is 5.62. The molecular weight excluding hydrogens is 362 g/mol. The molecule has 4 rings (SSSR count). The van der Waals surface area contributed by atoms with E-state index in [1.54, 1.807) is 4.90 Å². The maximum atomic E-state index is 12.5. The van der Waals surface area contributed by atoms with Crippen LogP contribution in [-0.2, 0) is 17.8 Å². The van der Waals surface area contributed by atoms with Crippen molar-refractivity contribution < 1.29 is 9.32 Å². The van der Waals surface area contributed by atoms with Crippen LogP contribution in [0.25, 0.3) is 22.4 Å². The Kier molecular flexibility index (Phi) is 5.49. The second-order valence-corrected chi connectivity index (χ2v) is 7.94. The molecule has 29 heavy (non-hydrogen) atoms. The summed E-state index contributed by atoms with van der Waals surface area (Å²) in [6.07, 6.45) is 0.781. The van der Waals surface area contributed by atoms with E-state index in [2.05, 4.69) is 46.5 Å². The minimum absolute atomic E-state index is 0.147. The van der Waals surface area contributed by atoms with E-state index in [9.17, 15) is 4.79 Å². The predicted molar refractivity (Wildman–Crippen MR) is 114 cm³/mol. The topological polar surface area (TPSA) is 49.6 Å². The number of nitrogens with zero attached hydrogens (tertiary/aromatic N) is 3. The zero-order chi connectivity index (χ0) is 20.4. The molecule has 1 aromatic heterocycles. The highest BCUT2D eigenvalue weighted by molar-refractivity contribution is 5.78. The molecule has 3 aromatic rings. The minimum atomic E-state index is 0.147. The van der Waals surface area contributed by atoms with Gasteiger partial charge in [0.1, 0.15) is 11.5 Å². The standard InChI is InChI=1S/C24H27N3O2/c1-17(2)26(3)23(28)16-27-14-13-22-21(15-27)24(25-29-22)20-11-9-19(10-12-20)18-7-5-4-6-8-18/h4-12,17H,13-16H2,1-3H3. The van der Waals surface area contributed by atoms with Crippen molar-refractivity contribution in [3.8, 4) is 22.4 Å². The molecule has 1 amide bonds. The Bertz CT molecular complexity index is 977. The third-order valence-corrected chi connectivity index (χ3v) is 5.70. The Morgan fingerprint density at radius 1 is 1.07 bits per heavy atom. The van der Waals surface area contributed by atoms with E-state index in [4.69, 9.17) is 4.52 Å². The van der Waals surface area contributed by atoms with Gasteiger partial charge in [-0.25, -0.2) is 0 Å². The van der Waals surface area contributed by atoms with Crippen LogP contribution in [0.2, 0.25) is 0 Å².